The third-order valence-electron chi connectivity index (χ3n) is 4.28. The Balaban J connectivity index is 2.67. The Kier molecular flexibility index (Phi) is 5.77. The molecule has 0 aromatic rings. The maximum Gasteiger partial charge on any atom is 0.238 e. The fourth-order valence-electron chi connectivity index (χ4n) is 2.71. The Morgan fingerprint density at radius 1 is 1.37 bits per heavy atom. The Hall–Kier alpha value is -0.650. The highest BCUT2D eigenvalue weighted by Crippen LogP contribution is 2.16. The van der Waals surface area contributed by atoms with Gasteiger partial charge in [-0.25, -0.2) is 0 Å². The Morgan fingerprint density at radius 3 is 2.32 bits per heavy atom. The van der Waals surface area contributed by atoms with Crippen LogP contribution in [-0.2, 0) is 4.79 Å². The topological polar surface area (TPSA) is 61.6 Å². The fraction of sp³-hybridized carbons (Fsp3) is 0.929. The molecule has 1 aliphatic heterocycles. The highest BCUT2D eigenvalue weighted by Gasteiger charge is 2.35. The van der Waals surface area contributed by atoms with Gasteiger partial charge in [-0.3, -0.25) is 14.6 Å². The first-order chi connectivity index (χ1) is 8.80. The first-order valence-corrected chi connectivity index (χ1v) is 7.29. The van der Waals surface area contributed by atoms with Crippen LogP contribution in [-0.4, -0.2) is 66.6 Å². The predicted octanol–water partition coefficient (Wildman–Crippen LogP) is 0.254. The number of carbonyl (C=O) groups excluding carboxylic acids is 1. The predicted molar refractivity (Wildman–Crippen MR) is 79.0 cm³/mol. The zero-order valence-corrected chi connectivity index (χ0v) is 13.1. The third kappa shape index (κ3) is 4.16. The molecule has 3 unspecified atom stereocenters. The molecule has 0 aromatic carbocycles. The van der Waals surface area contributed by atoms with E-state index < -0.39 is 5.54 Å². The number of nitrogens with zero attached hydrogens (tertiary/aromatic N) is 2. The minimum atomic E-state index is -0.634. The van der Waals surface area contributed by atoms with Crippen molar-refractivity contribution >= 4 is 5.91 Å². The molecule has 0 bridgehead atoms. The first kappa shape index (κ1) is 16.4. The van der Waals surface area contributed by atoms with E-state index in [-0.39, 0.29) is 5.91 Å². The van der Waals surface area contributed by atoms with E-state index in [2.05, 4.69) is 42.9 Å². The van der Waals surface area contributed by atoms with Gasteiger partial charge in [0.2, 0.25) is 5.91 Å². The molecule has 5 nitrogen and oxygen atoms in total. The Labute approximate surface area is 117 Å². The molecule has 1 heterocycles. The molecule has 0 spiro atoms. The minimum absolute atomic E-state index is 0.264. The SMILES string of the molecule is CCCNC(C)(CN1CC(C)N(C)C(C)C1)C(N)=O. The van der Waals surface area contributed by atoms with E-state index in [9.17, 15) is 4.79 Å². The fourth-order valence-corrected chi connectivity index (χ4v) is 2.71. The number of hydrogen-bond acceptors (Lipinski definition) is 4. The van der Waals surface area contributed by atoms with Crippen molar-refractivity contribution < 1.29 is 4.79 Å². The number of primary amides is 1. The summed E-state index contributed by atoms with van der Waals surface area (Å²) in [5.41, 5.74) is 4.95. The van der Waals surface area contributed by atoms with E-state index >= 15 is 0 Å². The van der Waals surface area contributed by atoms with Gasteiger partial charge in [0.15, 0.2) is 0 Å². The van der Waals surface area contributed by atoms with Gasteiger partial charge >= 0.3 is 0 Å². The summed E-state index contributed by atoms with van der Waals surface area (Å²) in [5.74, 6) is -0.264. The molecular formula is C14H30N4O. The second-order valence-corrected chi connectivity index (χ2v) is 6.18. The average Bonchev–Trinajstić information content (AvgIpc) is 2.33. The van der Waals surface area contributed by atoms with Gasteiger partial charge in [0.25, 0.3) is 0 Å². The van der Waals surface area contributed by atoms with Crippen LogP contribution in [0, 0.1) is 0 Å². The van der Waals surface area contributed by atoms with E-state index in [1.165, 1.54) is 0 Å². The van der Waals surface area contributed by atoms with Crippen LogP contribution in [0.25, 0.3) is 0 Å². The number of nitrogens with two attached hydrogens (primary N) is 1. The molecule has 3 N–H and O–H groups in total. The van der Waals surface area contributed by atoms with Crippen LogP contribution in [0.3, 0.4) is 0 Å². The minimum Gasteiger partial charge on any atom is -0.368 e. The van der Waals surface area contributed by atoms with Gasteiger partial charge < -0.3 is 11.1 Å². The summed E-state index contributed by atoms with van der Waals surface area (Å²) in [5, 5.41) is 3.30. The molecule has 1 fully saturated rings. The quantitative estimate of drug-likeness (QED) is 0.726. The van der Waals surface area contributed by atoms with Crippen molar-refractivity contribution in [2.45, 2.75) is 51.7 Å². The van der Waals surface area contributed by atoms with Crippen molar-refractivity contribution in [2.24, 2.45) is 5.73 Å². The van der Waals surface area contributed by atoms with Crippen molar-refractivity contribution in [1.82, 2.24) is 15.1 Å². The molecule has 1 aliphatic rings. The summed E-state index contributed by atoms with van der Waals surface area (Å²) in [7, 11) is 2.16. The van der Waals surface area contributed by atoms with Crippen LogP contribution < -0.4 is 11.1 Å². The van der Waals surface area contributed by atoms with E-state index in [1.807, 2.05) is 6.92 Å². The largest absolute Gasteiger partial charge is 0.368 e. The number of hydrogen-bond donors (Lipinski definition) is 2. The van der Waals surface area contributed by atoms with Crippen molar-refractivity contribution in [3.8, 4) is 0 Å². The maximum absolute atomic E-state index is 11.8. The molecule has 3 atom stereocenters. The molecule has 0 aliphatic carbocycles. The van der Waals surface area contributed by atoms with Crippen molar-refractivity contribution in [1.29, 1.82) is 0 Å². The smallest absolute Gasteiger partial charge is 0.238 e. The second kappa shape index (κ2) is 6.68. The zero-order chi connectivity index (χ0) is 14.6. The van der Waals surface area contributed by atoms with Gasteiger partial charge in [0, 0.05) is 31.7 Å². The van der Waals surface area contributed by atoms with E-state index in [1.54, 1.807) is 0 Å². The lowest BCUT2D eigenvalue weighted by molar-refractivity contribution is -0.125. The number of nitrogens with one attached hydrogen (secondary N) is 1. The second-order valence-electron chi connectivity index (χ2n) is 6.18. The van der Waals surface area contributed by atoms with Crippen LogP contribution in [0.1, 0.15) is 34.1 Å². The van der Waals surface area contributed by atoms with Gasteiger partial charge in [0.1, 0.15) is 5.54 Å². The number of piperazine rings is 1. The highest BCUT2D eigenvalue weighted by atomic mass is 16.1. The molecule has 0 radical (unpaired) electrons. The molecule has 19 heavy (non-hydrogen) atoms. The molecule has 5 heteroatoms. The molecule has 1 saturated heterocycles. The number of likely N-dealkylation sites (N-methyl/N-ethyl adjacent to an activating group) is 1. The Bertz CT molecular complexity index is 298. The summed E-state index contributed by atoms with van der Waals surface area (Å²) in [6.07, 6.45) is 0.998. The summed E-state index contributed by atoms with van der Waals surface area (Å²) in [4.78, 5) is 16.5. The lowest BCUT2D eigenvalue weighted by atomic mass is 9.98. The lowest BCUT2D eigenvalue weighted by Crippen LogP contribution is -2.64. The van der Waals surface area contributed by atoms with E-state index in [0.29, 0.717) is 18.6 Å². The van der Waals surface area contributed by atoms with Crippen molar-refractivity contribution in [2.75, 3.05) is 33.2 Å². The van der Waals surface area contributed by atoms with Crippen LogP contribution in [0.5, 0.6) is 0 Å². The lowest BCUT2D eigenvalue weighted by Gasteiger charge is -2.45. The zero-order valence-electron chi connectivity index (χ0n) is 13.1. The van der Waals surface area contributed by atoms with Crippen LogP contribution in [0.15, 0.2) is 0 Å². The number of carbonyl (C=O) groups is 1. The molecule has 1 rings (SSSR count). The van der Waals surface area contributed by atoms with E-state index in [0.717, 1.165) is 26.1 Å². The van der Waals surface area contributed by atoms with Gasteiger partial charge in [0.05, 0.1) is 0 Å². The van der Waals surface area contributed by atoms with Gasteiger partial charge in [-0.05, 0) is 40.8 Å². The van der Waals surface area contributed by atoms with Gasteiger partial charge in [-0.2, -0.15) is 0 Å². The highest BCUT2D eigenvalue weighted by molar-refractivity contribution is 5.84. The molecule has 0 aromatic heterocycles. The maximum atomic E-state index is 11.8. The number of rotatable bonds is 6. The third-order valence-corrected chi connectivity index (χ3v) is 4.28. The van der Waals surface area contributed by atoms with Crippen LogP contribution in [0.2, 0.25) is 0 Å². The van der Waals surface area contributed by atoms with E-state index in [4.69, 9.17) is 5.73 Å². The monoisotopic (exact) mass is 270 g/mol. The summed E-state index contributed by atoms with van der Waals surface area (Å²) in [6, 6.07) is 1.01. The standard InChI is InChI=1S/C14H30N4O/c1-6-7-16-14(4,13(15)19)10-18-8-11(2)17(5)12(3)9-18/h11-12,16H,6-10H2,1-5H3,(H2,15,19). The molecule has 0 saturated carbocycles. The molecular weight excluding hydrogens is 240 g/mol. The summed E-state index contributed by atoms with van der Waals surface area (Å²) >= 11 is 0. The first-order valence-electron chi connectivity index (χ1n) is 7.29. The normalized spacial score (nSPS) is 29.1. The average molecular weight is 270 g/mol. The summed E-state index contributed by atoms with van der Waals surface area (Å²) < 4.78 is 0. The van der Waals surface area contributed by atoms with Crippen LogP contribution in [0.4, 0.5) is 0 Å². The Morgan fingerprint density at radius 2 is 1.89 bits per heavy atom. The van der Waals surface area contributed by atoms with Gasteiger partial charge in [-0.1, -0.05) is 6.92 Å². The molecule has 1 amide bonds. The summed E-state index contributed by atoms with van der Waals surface area (Å²) in [6.45, 7) is 11.9. The van der Waals surface area contributed by atoms with Crippen LogP contribution >= 0.6 is 0 Å². The van der Waals surface area contributed by atoms with Crippen molar-refractivity contribution in [3.63, 3.8) is 0 Å². The molecule has 112 valence electrons. The van der Waals surface area contributed by atoms with Crippen molar-refractivity contribution in [3.05, 3.63) is 0 Å². The van der Waals surface area contributed by atoms with Gasteiger partial charge in [-0.15, -0.1) is 0 Å². The number of amides is 1.